The monoisotopic (exact) mass is 335 g/mol. The van der Waals surface area contributed by atoms with Crippen LogP contribution in [-0.2, 0) is 18.6 Å². The van der Waals surface area contributed by atoms with Gasteiger partial charge in [-0.1, -0.05) is 6.92 Å². The smallest absolute Gasteiger partial charge is 0.383 e. The zero-order chi connectivity index (χ0) is 16.5. The average molecular weight is 335 g/mol. The number of phosphoric ester groups is 1. The zero-order valence-electron chi connectivity index (χ0n) is 12.0. The lowest BCUT2D eigenvalue weighted by atomic mass is 10.1. The van der Waals surface area contributed by atoms with E-state index < -0.39 is 38.1 Å². The van der Waals surface area contributed by atoms with Gasteiger partial charge in [-0.3, -0.25) is 9.09 Å². The molecule has 22 heavy (non-hydrogen) atoms. The molecule has 11 heteroatoms. The van der Waals surface area contributed by atoms with Crippen LogP contribution in [0, 0.1) is 0 Å². The van der Waals surface area contributed by atoms with Crippen molar-refractivity contribution in [1.29, 1.82) is 0 Å². The van der Waals surface area contributed by atoms with Gasteiger partial charge in [-0.2, -0.15) is 4.98 Å². The molecule has 1 aliphatic rings. The van der Waals surface area contributed by atoms with E-state index in [1.54, 1.807) is 6.92 Å². The molecular weight excluding hydrogens is 317 g/mol. The molecule has 124 valence electrons. The molecule has 10 nitrogen and oxygen atoms in total. The maximum absolute atomic E-state index is 11.9. The van der Waals surface area contributed by atoms with E-state index in [9.17, 15) is 9.36 Å². The highest BCUT2D eigenvalue weighted by Crippen LogP contribution is 2.44. The third-order valence-corrected chi connectivity index (χ3v) is 3.86. The van der Waals surface area contributed by atoms with E-state index in [1.165, 1.54) is 19.4 Å². The Morgan fingerprint density at radius 1 is 1.50 bits per heavy atom. The highest BCUT2D eigenvalue weighted by molar-refractivity contribution is 7.46. The summed E-state index contributed by atoms with van der Waals surface area (Å²) in [5.74, 6) is 0.0586. The Balaban J connectivity index is 2.36. The molecule has 1 aromatic heterocycles. The number of nitrogens with zero attached hydrogens (tertiary/aromatic N) is 2. The molecule has 1 aromatic rings. The van der Waals surface area contributed by atoms with E-state index in [-0.39, 0.29) is 5.82 Å². The Kier molecular flexibility index (Phi) is 5.00. The van der Waals surface area contributed by atoms with Gasteiger partial charge in [-0.15, -0.1) is 0 Å². The van der Waals surface area contributed by atoms with Crippen LogP contribution in [0.4, 0.5) is 5.82 Å². The van der Waals surface area contributed by atoms with Gasteiger partial charge in [0.1, 0.15) is 18.0 Å². The molecule has 0 spiro atoms. The van der Waals surface area contributed by atoms with Gasteiger partial charge in [0.2, 0.25) is 0 Å². The Bertz CT molecular complexity index is 630. The van der Waals surface area contributed by atoms with Gasteiger partial charge in [0.25, 0.3) is 0 Å². The third-order valence-electron chi connectivity index (χ3n) is 3.34. The van der Waals surface area contributed by atoms with Crippen molar-refractivity contribution in [2.75, 3.05) is 12.8 Å². The van der Waals surface area contributed by atoms with Crippen molar-refractivity contribution in [2.24, 2.45) is 0 Å². The summed E-state index contributed by atoms with van der Waals surface area (Å²) in [4.78, 5) is 33.6. The van der Waals surface area contributed by atoms with E-state index in [0.717, 1.165) is 4.57 Å². The van der Waals surface area contributed by atoms with Gasteiger partial charge in [0.15, 0.2) is 6.23 Å². The molecule has 4 N–H and O–H groups in total. The van der Waals surface area contributed by atoms with Crippen LogP contribution in [0.1, 0.15) is 19.6 Å². The molecular formula is C11H18N3O7P. The fourth-order valence-electron chi connectivity index (χ4n) is 2.42. The first kappa shape index (κ1) is 17.1. The first-order valence-electron chi connectivity index (χ1n) is 6.53. The molecule has 2 heterocycles. The van der Waals surface area contributed by atoms with Crippen LogP contribution in [0.5, 0.6) is 0 Å². The minimum atomic E-state index is -4.74. The zero-order valence-corrected chi connectivity index (χ0v) is 12.9. The first-order valence-corrected chi connectivity index (χ1v) is 8.06. The maximum Gasteiger partial charge on any atom is 0.470 e. The van der Waals surface area contributed by atoms with Crippen molar-refractivity contribution in [3.8, 4) is 0 Å². The number of methoxy groups -OCH3 is 1. The van der Waals surface area contributed by atoms with E-state index in [4.69, 9.17) is 29.5 Å². The van der Waals surface area contributed by atoms with E-state index >= 15 is 0 Å². The highest BCUT2D eigenvalue weighted by atomic mass is 31.2. The topological polar surface area (TPSA) is 146 Å². The van der Waals surface area contributed by atoms with E-state index in [2.05, 4.69) is 4.98 Å². The summed E-state index contributed by atoms with van der Waals surface area (Å²) in [6, 6.07) is 1.41. The van der Waals surface area contributed by atoms with Gasteiger partial charge in [-0.05, 0) is 12.5 Å². The number of aromatic nitrogens is 2. The van der Waals surface area contributed by atoms with Crippen molar-refractivity contribution in [1.82, 2.24) is 9.55 Å². The van der Waals surface area contributed by atoms with E-state index in [0.29, 0.717) is 6.42 Å². The minimum absolute atomic E-state index is 0.0586. The molecule has 2 rings (SSSR count). The number of rotatable bonds is 5. The normalized spacial score (nSPS) is 28.9. The molecule has 1 aliphatic heterocycles. The fourth-order valence-corrected chi connectivity index (χ4v) is 2.99. The molecule has 0 radical (unpaired) electrons. The number of anilines is 1. The number of ether oxygens (including phenoxy) is 2. The second kappa shape index (κ2) is 6.45. The number of phosphoric acid groups is 1. The molecule has 0 amide bonds. The Hall–Kier alpha value is -1.29. The largest absolute Gasteiger partial charge is 0.470 e. The van der Waals surface area contributed by atoms with Crippen LogP contribution >= 0.6 is 7.82 Å². The summed E-state index contributed by atoms with van der Waals surface area (Å²) in [6.45, 7) is 1.76. The average Bonchev–Trinajstić information content (AvgIpc) is 2.74. The Morgan fingerprint density at radius 3 is 2.68 bits per heavy atom. The lowest BCUT2D eigenvalue weighted by molar-refractivity contribution is -0.0540. The van der Waals surface area contributed by atoms with Crippen LogP contribution in [0.25, 0.3) is 0 Å². The summed E-state index contributed by atoms with van der Waals surface area (Å²) < 4.78 is 28.0. The molecule has 0 bridgehead atoms. The second-order valence-corrected chi connectivity index (χ2v) is 5.97. The number of hydrogen-bond donors (Lipinski definition) is 3. The molecule has 4 atom stereocenters. The lowest BCUT2D eigenvalue weighted by Crippen LogP contribution is -2.38. The fraction of sp³-hybridized carbons (Fsp3) is 0.636. The summed E-state index contributed by atoms with van der Waals surface area (Å²) in [7, 11) is -3.40. The molecule has 1 fully saturated rings. The summed E-state index contributed by atoms with van der Waals surface area (Å²) in [5.41, 5.74) is 4.78. The molecule has 0 saturated carbocycles. The van der Waals surface area contributed by atoms with Gasteiger partial charge in [0, 0.05) is 13.3 Å². The number of nitrogens with two attached hydrogens (primary N) is 1. The van der Waals surface area contributed by atoms with Gasteiger partial charge in [0.05, 0.1) is 6.10 Å². The van der Waals surface area contributed by atoms with Crippen molar-refractivity contribution in [3.63, 3.8) is 0 Å². The van der Waals surface area contributed by atoms with Crippen LogP contribution in [0.2, 0.25) is 0 Å². The van der Waals surface area contributed by atoms with E-state index in [1.807, 2.05) is 0 Å². The van der Waals surface area contributed by atoms with Crippen LogP contribution in [-0.4, -0.2) is 44.8 Å². The third kappa shape index (κ3) is 3.54. The maximum atomic E-state index is 11.9. The van der Waals surface area contributed by atoms with Crippen molar-refractivity contribution < 1.29 is 28.3 Å². The minimum Gasteiger partial charge on any atom is -0.383 e. The van der Waals surface area contributed by atoms with Gasteiger partial charge in [-0.25, -0.2) is 9.36 Å². The quantitative estimate of drug-likeness (QED) is 0.613. The van der Waals surface area contributed by atoms with Crippen LogP contribution in [0.3, 0.4) is 0 Å². The second-order valence-electron chi connectivity index (χ2n) is 4.78. The van der Waals surface area contributed by atoms with Gasteiger partial charge < -0.3 is 25.0 Å². The van der Waals surface area contributed by atoms with Crippen molar-refractivity contribution in [3.05, 3.63) is 22.7 Å². The Labute approximate surface area is 126 Å². The first-order chi connectivity index (χ1) is 10.3. The Morgan fingerprint density at radius 2 is 2.18 bits per heavy atom. The predicted molar refractivity (Wildman–Crippen MR) is 74.8 cm³/mol. The molecule has 0 aromatic carbocycles. The number of hydrogen-bond acceptors (Lipinski definition) is 7. The number of nitrogen functional groups attached to an aromatic ring is 1. The van der Waals surface area contributed by atoms with Gasteiger partial charge >= 0.3 is 13.5 Å². The molecule has 1 saturated heterocycles. The summed E-state index contributed by atoms with van der Waals surface area (Å²) in [5, 5.41) is 0. The summed E-state index contributed by atoms with van der Waals surface area (Å²) in [6.07, 6.45) is -1.68. The SMILES string of the molecule is CC[C@H]1O[C@@H](n2ccc(N)nc2=O)C(OC)C1OP(=O)(O)O. The van der Waals surface area contributed by atoms with Crippen LogP contribution in [0.15, 0.2) is 17.1 Å². The standard InChI is InChI=1S/C11H18N3O7P/c1-3-6-8(21-22(16,17)18)9(19-2)10(20-6)14-5-4-7(12)13-11(14)15/h4-6,8-10H,3H2,1-2H3,(H2,12,13,15)(H2,16,17,18)/t6-,8?,9?,10-/m1/s1. The molecule has 0 aliphatic carbocycles. The van der Waals surface area contributed by atoms with Crippen LogP contribution < -0.4 is 11.4 Å². The van der Waals surface area contributed by atoms with Crippen molar-refractivity contribution >= 4 is 13.6 Å². The lowest BCUT2D eigenvalue weighted by Gasteiger charge is -2.23. The summed E-state index contributed by atoms with van der Waals surface area (Å²) >= 11 is 0. The van der Waals surface area contributed by atoms with Crippen molar-refractivity contribution in [2.45, 2.75) is 37.9 Å². The molecule has 2 unspecified atom stereocenters. The predicted octanol–water partition coefficient (Wildman–Crippen LogP) is -0.374. The highest BCUT2D eigenvalue weighted by Gasteiger charge is 2.48.